The summed E-state index contributed by atoms with van der Waals surface area (Å²) < 4.78 is 34.9. The van der Waals surface area contributed by atoms with Crippen molar-refractivity contribution in [2.75, 3.05) is 73.5 Å². The molecule has 0 aromatic rings. The Morgan fingerprint density at radius 2 is 1.08 bits per heavy atom. The van der Waals surface area contributed by atoms with Gasteiger partial charge >= 0.3 is 11.9 Å². The third kappa shape index (κ3) is 33.9. The van der Waals surface area contributed by atoms with E-state index in [-0.39, 0.29) is 24.1 Å². The first kappa shape index (κ1) is 52.2. The molecule has 0 saturated carbocycles. The lowest BCUT2D eigenvalue weighted by Gasteiger charge is -2.19. The Kier molecular flexibility index (Phi) is 34.1. The highest BCUT2D eigenvalue weighted by molar-refractivity contribution is 5.70. The molecule has 0 spiro atoms. The Morgan fingerprint density at radius 3 is 1.67 bits per heavy atom. The van der Waals surface area contributed by atoms with Crippen molar-refractivity contribution in [2.24, 2.45) is 4.99 Å². The number of aliphatic imine (C=N–C) groups is 1. The summed E-state index contributed by atoms with van der Waals surface area (Å²) in [5.74, 6) is -0.378. The molecule has 2 rings (SSSR count). The summed E-state index contributed by atoms with van der Waals surface area (Å²) in [5, 5.41) is 0. The van der Waals surface area contributed by atoms with Gasteiger partial charge in [-0.15, -0.1) is 0 Å². The van der Waals surface area contributed by atoms with Crippen molar-refractivity contribution >= 4 is 18.2 Å². The third-order valence-electron chi connectivity index (χ3n) is 9.31. The maximum absolute atomic E-state index is 12.1. The number of hydrogen-bond donors (Lipinski definition) is 0. The van der Waals surface area contributed by atoms with Crippen LogP contribution in [0.1, 0.15) is 103 Å². The Hall–Kier alpha value is -3.93. The lowest BCUT2D eigenvalue weighted by Crippen LogP contribution is -2.26. The van der Waals surface area contributed by atoms with Crippen LogP contribution >= 0.6 is 0 Å². The molecule has 10 heteroatoms. The van der Waals surface area contributed by atoms with Gasteiger partial charge in [0.15, 0.2) is 0 Å². The van der Waals surface area contributed by atoms with Gasteiger partial charge in [-0.3, -0.25) is 14.6 Å². The molecule has 334 valence electrons. The van der Waals surface area contributed by atoms with Gasteiger partial charge in [0.05, 0.1) is 38.6 Å². The van der Waals surface area contributed by atoms with E-state index < -0.39 is 0 Å². The fourth-order valence-electron chi connectivity index (χ4n) is 5.81. The minimum absolute atomic E-state index is 0.00864. The maximum atomic E-state index is 12.1. The standard InChI is InChI=1S/C50H76N2O8/c1-52(2)36-34-48-45-56-38-24-16-11-5-13-21-29-49(53)59-41-27-19-9-3-7-15-23-37-55-44-47(32-31-46-33-35-51-43-46)57-39-25-17-8-4-10-20-28-42-60-50(54)30-22-14-6-12-18-26-40-58-48/h3-8,13-14,16,18-20,24,26-28,35,43,47-48H,9-12,15,17,21-23,25,29-34,36-42,44-45H2,1-2H3. The minimum Gasteiger partial charge on any atom is -0.461 e. The summed E-state index contributed by atoms with van der Waals surface area (Å²) in [6.45, 7) is 5.07. The third-order valence-corrected chi connectivity index (χ3v) is 9.31. The summed E-state index contributed by atoms with van der Waals surface area (Å²) in [5.41, 5.74) is 1.35. The van der Waals surface area contributed by atoms with E-state index in [0.717, 1.165) is 83.6 Å². The van der Waals surface area contributed by atoms with Crippen molar-refractivity contribution in [3.63, 3.8) is 0 Å². The van der Waals surface area contributed by atoms with Crippen LogP contribution in [-0.4, -0.2) is 109 Å². The van der Waals surface area contributed by atoms with Gasteiger partial charge < -0.3 is 33.3 Å². The predicted octanol–water partition coefficient (Wildman–Crippen LogP) is 10.1. The first-order valence-corrected chi connectivity index (χ1v) is 22.3. The number of hydrogen-bond acceptors (Lipinski definition) is 10. The molecule has 0 aliphatic carbocycles. The quantitative estimate of drug-likeness (QED) is 0.191. The van der Waals surface area contributed by atoms with Gasteiger partial charge in [-0.05, 0) is 103 Å². The highest BCUT2D eigenvalue weighted by atomic mass is 16.5. The monoisotopic (exact) mass is 833 g/mol. The molecule has 0 aromatic carbocycles. The lowest BCUT2D eigenvalue weighted by molar-refractivity contribution is -0.143. The van der Waals surface area contributed by atoms with E-state index in [1.807, 2.05) is 61.0 Å². The van der Waals surface area contributed by atoms with Crippen molar-refractivity contribution in [1.29, 1.82) is 0 Å². The van der Waals surface area contributed by atoms with Crippen molar-refractivity contribution in [1.82, 2.24) is 4.90 Å². The average Bonchev–Trinajstić information content (AvgIpc) is 3.77. The first-order valence-electron chi connectivity index (χ1n) is 22.3. The van der Waals surface area contributed by atoms with Crippen LogP contribution in [0.2, 0.25) is 0 Å². The molecular weight excluding hydrogens is 757 g/mol. The van der Waals surface area contributed by atoms with E-state index in [4.69, 9.17) is 28.4 Å². The molecule has 0 N–H and O–H groups in total. The van der Waals surface area contributed by atoms with E-state index in [9.17, 15) is 9.59 Å². The number of nitrogens with zero attached hydrogens (tertiary/aromatic N) is 2. The zero-order valence-corrected chi connectivity index (χ0v) is 36.9. The fraction of sp³-hybridized carbons (Fsp3) is 0.580. The molecule has 0 saturated heterocycles. The normalized spacial score (nSPS) is 22.4. The Labute approximate surface area is 362 Å². The molecule has 2 heterocycles. The summed E-state index contributed by atoms with van der Waals surface area (Å²) >= 11 is 0. The van der Waals surface area contributed by atoms with Gasteiger partial charge in [0, 0.05) is 51.4 Å². The predicted molar refractivity (Wildman–Crippen MR) is 245 cm³/mol. The zero-order valence-electron chi connectivity index (χ0n) is 36.9. The van der Waals surface area contributed by atoms with E-state index in [1.165, 1.54) is 5.57 Å². The van der Waals surface area contributed by atoms with Crippen LogP contribution in [0.4, 0.5) is 0 Å². The Bertz CT molecular complexity index is 1400. The second-order valence-corrected chi connectivity index (χ2v) is 15.0. The van der Waals surface area contributed by atoms with Crippen LogP contribution < -0.4 is 0 Å². The SMILES string of the molecule is CN(C)CCC1COCC=CCC=CCCC(=O)OCC=CCC=CCCCOCC(CCC2=CN=CC2)OCCCC=CCC=CCOC(=O)CCC=CCC=CCO1. The van der Waals surface area contributed by atoms with E-state index in [1.54, 1.807) is 0 Å². The Morgan fingerprint density at radius 1 is 0.567 bits per heavy atom. The fourth-order valence-corrected chi connectivity index (χ4v) is 5.81. The molecule has 2 aliphatic rings. The molecule has 0 radical (unpaired) electrons. The van der Waals surface area contributed by atoms with Crippen LogP contribution in [0.3, 0.4) is 0 Å². The summed E-state index contributed by atoms with van der Waals surface area (Å²) in [4.78, 5) is 30.6. The van der Waals surface area contributed by atoms with Gasteiger partial charge in [0.2, 0.25) is 0 Å². The van der Waals surface area contributed by atoms with Crippen LogP contribution in [0.25, 0.3) is 0 Å². The lowest BCUT2D eigenvalue weighted by atomic mass is 10.1. The highest BCUT2D eigenvalue weighted by Gasteiger charge is 2.12. The number of rotatable bonds is 6. The number of carbonyl (C=O) groups excluding carboxylic acids is 2. The molecule has 10 nitrogen and oxygen atoms in total. The van der Waals surface area contributed by atoms with E-state index >= 15 is 0 Å². The molecule has 60 heavy (non-hydrogen) atoms. The van der Waals surface area contributed by atoms with Crippen LogP contribution in [0, 0.1) is 0 Å². The molecule has 2 unspecified atom stereocenters. The maximum Gasteiger partial charge on any atom is 0.306 e. The molecular formula is C50H76N2O8. The van der Waals surface area contributed by atoms with Gasteiger partial charge in [-0.25, -0.2) is 0 Å². The number of cyclic esters (lactones) is 2. The smallest absolute Gasteiger partial charge is 0.306 e. The summed E-state index contributed by atoms with van der Waals surface area (Å²) in [6.07, 6.45) is 49.5. The molecule has 2 atom stereocenters. The average molecular weight is 833 g/mol. The Balaban J connectivity index is 1.79. The minimum atomic E-state index is -0.189. The van der Waals surface area contributed by atoms with Gasteiger partial charge in [0.1, 0.15) is 13.2 Å². The number of esters is 2. The van der Waals surface area contributed by atoms with Crippen molar-refractivity contribution < 1.29 is 38.0 Å². The summed E-state index contributed by atoms with van der Waals surface area (Å²) in [6, 6.07) is 0. The van der Waals surface area contributed by atoms with E-state index in [2.05, 4.69) is 72.6 Å². The molecule has 2 aliphatic heterocycles. The topological polar surface area (TPSA) is 105 Å². The molecule has 0 amide bonds. The van der Waals surface area contributed by atoms with Crippen LogP contribution in [-0.2, 0) is 38.0 Å². The van der Waals surface area contributed by atoms with Gasteiger partial charge in [-0.2, -0.15) is 0 Å². The van der Waals surface area contributed by atoms with E-state index in [0.29, 0.717) is 78.5 Å². The molecule has 0 aromatic heterocycles. The molecule has 0 bridgehead atoms. The number of carbonyl (C=O) groups is 2. The highest BCUT2D eigenvalue weighted by Crippen LogP contribution is 2.17. The van der Waals surface area contributed by atoms with Crippen molar-refractivity contribution in [3.05, 3.63) is 109 Å². The van der Waals surface area contributed by atoms with Gasteiger partial charge in [0.25, 0.3) is 0 Å². The van der Waals surface area contributed by atoms with Crippen molar-refractivity contribution in [2.45, 2.75) is 115 Å². The van der Waals surface area contributed by atoms with Crippen LogP contribution in [0.15, 0.2) is 114 Å². The largest absolute Gasteiger partial charge is 0.461 e. The second-order valence-electron chi connectivity index (χ2n) is 15.0. The summed E-state index contributed by atoms with van der Waals surface area (Å²) in [7, 11) is 4.11. The molecule has 0 fully saturated rings. The first-order chi connectivity index (χ1) is 29.5. The number of allylic oxidation sites excluding steroid dienone is 13. The van der Waals surface area contributed by atoms with Crippen molar-refractivity contribution in [3.8, 4) is 0 Å². The van der Waals surface area contributed by atoms with Crippen LogP contribution in [0.5, 0.6) is 0 Å². The second kappa shape index (κ2) is 39.2. The zero-order chi connectivity index (χ0) is 42.8. The van der Waals surface area contributed by atoms with Gasteiger partial charge in [-0.1, -0.05) is 97.2 Å². The number of ether oxygens (including phenoxy) is 6.